The van der Waals surface area contributed by atoms with Gasteiger partial charge in [-0.3, -0.25) is 0 Å². The van der Waals surface area contributed by atoms with E-state index in [1.165, 1.54) is 12.1 Å². The average molecular weight is 351 g/mol. The first-order valence-corrected chi connectivity index (χ1v) is 6.36. The van der Waals surface area contributed by atoms with Crippen molar-refractivity contribution in [2.45, 2.75) is 6.42 Å². The Morgan fingerprint density at radius 3 is 2.11 bits per heavy atom. The summed E-state index contributed by atoms with van der Waals surface area (Å²) < 4.78 is 39.2. The molecule has 0 saturated heterocycles. The average Bonchev–Trinajstić information content (AvgIpc) is 2.65. The fourth-order valence-electron chi connectivity index (χ4n) is 2.36. The summed E-state index contributed by atoms with van der Waals surface area (Å²) in [5.74, 6) is 0. The molecular weight excluding hydrogens is 343 g/mol. The molecule has 0 spiro atoms. The molecule has 0 aliphatic heterocycles. The summed E-state index contributed by atoms with van der Waals surface area (Å²) in [5.41, 5.74) is 3.14. The third-order valence-corrected chi connectivity index (χ3v) is 3.75. The molecule has 0 heterocycles. The van der Waals surface area contributed by atoms with Crippen LogP contribution in [0.5, 0.6) is 0 Å². The molecule has 6 heteroatoms. The predicted molar refractivity (Wildman–Crippen MR) is 71.1 cm³/mol. The fourth-order valence-corrected chi connectivity index (χ4v) is 2.72. The summed E-state index contributed by atoms with van der Waals surface area (Å²) in [4.78, 5) is 0. The van der Waals surface area contributed by atoms with E-state index >= 15 is 0 Å². The predicted octanol–water partition coefficient (Wildman–Crippen LogP) is 1.08. The molecule has 0 amide bonds. The minimum absolute atomic E-state index is 0. The molecule has 2 aromatic rings. The Kier molecular flexibility index (Phi) is 4.70. The van der Waals surface area contributed by atoms with Crippen LogP contribution in [0.4, 0.5) is 12.9 Å². The molecule has 0 aromatic heterocycles. The third kappa shape index (κ3) is 3.04. The van der Waals surface area contributed by atoms with Gasteiger partial charge in [0.05, 0.1) is 0 Å². The summed E-state index contributed by atoms with van der Waals surface area (Å²) in [6.45, 7) is -4.93. The van der Waals surface area contributed by atoms with Gasteiger partial charge < -0.3 is 12.9 Å². The summed E-state index contributed by atoms with van der Waals surface area (Å²) >= 11 is 3.36. The van der Waals surface area contributed by atoms with E-state index in [0.717, 1.165) is 21.2 Å². The monoisotopic (exact) mass is 350 g/mol. The second-order valence-corrected chi connectivity index (χ2v) is 5.39. The first-order chi connectivity index (χ1) is 8.45. The molecular formula is C13H8BBrF3K. The van der Waals surface area contributed by atoms with E-state index in [0.29, 0.717) is 12.0 Å². The van der Waals surface area contributed by atoms with Crippen LogP contribution in [0.2, 0.25) is 0 Å². The van der Waals surface area contributed by atoms with Gasteiger partial charge in [-0.15, -0.1) is 5.46 Å². The molecule has 0 unspecified atom stereocenters. The van der Waals surface area contributed by atoms with Crippen molar-refractivity contribution < 1.29 is 64.3 Å². The van der Waals surface area contributed by atoms with Crippen molar-refractivity contribution in [2.24, 2.45) is 0 Å². The molecule has 1 aliphatic carbocycles. The largest absolute Gasteiger partial charge is 1.00 e. The number of hydrogen-bond acceptors (Lipinski definition) is 0. The van der Waals surface area contributed by atoms with E-state index in [9.17, 15) is 12.9 Å². The first-order valence-electron chi connectivity index (χ1n) is 5.57. The molecule has 92 valence electrons. The zero-order valence-corrected chi connectivity index (χ0v) is 15.0. The Morgan fingerprint density at radius 2 is 1.47 bits per heavy atom. The van der Waals surface area contributed by atoms with Crippen LogP contribution in [0.15, 0.2) is 40.9 Å². The van der Waals surface area contributed by atoms with Crippen molar-refractivity contribution in [1.29, 1.82) is 0 Å². The normalized spacial score (nSPS) is 12.6. The van der Waals surface area contributed by atoms with Crippen molar-refractivity contribution in [3.63, 3.8) is 0 Å². The number of fused-ring (bicyclic) bond motifs is 3. The molecule has 1 aliphatic rings. The Hall–Kier alpha value is 0.411. The van der Waals surface area contributed by atoms with Crippen molar-refractivity contribution in [3.8, 4) is 11.1 Å². The standard InChI is InChI=1S/C13H8BBrF3.K/c15-11-4-2-9-5-8-1-3-10(14(16,17)18)6-12(8)13(9)7-11;/h1-4,6-7H,5H2;/q-1;+1. The van der Waals surface area contributed by atoms with E-state index in [1.807, 2.05) is 18.2 Å². The second-order valence-electron chi connectivity index (χ2n) is 4.47. The van der Waals surface area contributed by atoms with Crippen LogP contribution in [0, 0.1) is 0 Å². The van der Waals surface area contributed by atoms with Crippen molar-refractivity contribution in [1.82, 2.24) is 0 Å². The summed E-state index contributed by atoms with van der Waals surface area (Å²) in [7, 11) is 0. The van der Waals surface area contributed by atoms with Crippen LogP contribution in [0.1, 0.15) is 11.1 Å². The summed E-state index contributed by atoms with van der Waals surface area (Å²) in [6.07, 6.45) is 0.711. The number of rotatable bonds is 1. The number of hydrogen-bond donors (Lipinski definition) is 0. The number of benzene rings is 2. The van der Waals surface area contributed by atoms with E-state index in [2.05, 4.69) is 15.9 Å². The minimum atomic E-state index is -4.93. The van der Waals surface area contributed by atoms with Gasteiger partial charge >= 0.3 is 58.4 Å². The van der Waals surface area contributed by atoms with Gasteiger partial charge in [0.25, 0.3) is 0 Å². The maximum atomic E-state index is 12.8. The van der Waals surface area contributed by atoms with E-state index in [1.54, 1.807) is 6.07 Å². The SMILES string of the molecule is F[B-](F)(F)c1ccc2c(c1)-c1cc(Br)ccc1C2.[K+]. The van der Waals surface area contributed by atoms with Crippen LogP contribution in [0.3, 0.4) is 0 Å². The van der Waals surface area contributed by atoms with Crippen molar-refractivity contribution in [3.05, 3.63) is 52.0 Å². The quantitative estimate of drug-likeness (QED) is 0.576. The maximum Gasteiger partial charge on any atom is 1.00 e. The number of halogens is 4. The summed E-state index contributed by atoms with van der Waals surface area (Å²) in [5, 5.41) is 0. The van der Waals surface area contributed by atoms with Crippen molar-refractivity contribution in [2.75, 3.05) is 0 Å². The summed E-state index contributed by atoms with van der Waals surface area (Å²) in [6, 6.07) is 9.80. The fraction of sp³-hybridized carbons (Fsp3) is 0.0769. The van der Waals surface area contributed by atoms with Crippen LogP contribution >= 0.6 is 15.9 Å². The van der Waals surface area contributed by atoms with Crippen LogP contribution < -0.4 is 56.8 Å². The van der Waals surface area contributed by atoms with Gasteiger partial charge in [-0.1, -0.05) is 40.2 Å². The first kappa shape index (κ1) is 15.8. The van der Waals surface area contributed by atoms with Gasteiger partial charge in [0.1, 0.15) is 0 Å². The van der Waals surface area contributed by atoms with Gasteiger partial charge in [0.2, 0.25) is 0 Å². The molecule has 0 bridgehead atoms. The Labute approximate surface area is 160 Å². The smallest absolute Gasteiger partial charge is 0.445 e. The van der Waals surface area contributed by atoms with E-state index in [-0.39, 0.29) is 51.4 Å². The maximum absolute atomic E-state index is 12.8. The Balaban J connectivity index is 0.00000133. The minimum Gasteiger partial charge on any atom is -0.445 e. The Bertz CT molecular complexity index is 640. The Morgan fingerprint density at radius 1 is 0.895 bits per heavy atom. The molecule has 0 radical (unpaired) electrons. The van der Waals surface area contributed by atoms with Gasteiger partial charge in [0, 0.05) is 4.47 Å². The van der Waals surface area contributed by atoms with E-state index < -0.39 is 12.4 Å². The van der Waals surface area contributed by atoms with E-state index in [4.69, 9.17) is 0 Å². The molecule has 19 heavy (non-hydrogen) atoms. The third-order valence-electron chi connectivity index (χ3n) is 3.25. The second kappa shape index (κ2) is 5.66. The molecule has 0 saturated carbocycles. The van der Waals surface area contributed by atoms with Crippen molar-refractivity contribution >= 4 is 28.4 Å². The van der Waals surface area contributed by atoms with Crippen LogP contribution in [-0.2, 0) is 6.42 Å². The molecule has 0 nitrogen and oxygen atoms in total. The van der Waals surface area contributed by atoms with Crippen LogP contribution in [-0.4, -0.2) is 6.98 Å². The zero-order valence-electron chi connectivity index (χ0n) is 10.3. The van der Waals surface area contributed by atoms with Gasteiger partial charge in [-0.05, 0) is 40.8 Å². The van der Waals surface area contributed by atoms with Gasteiger partial charge in [0.15, 0.2) is 0 Å². The topological polar surface area (TPSA) is 0 Å². The molecule has 0 atom stereocenters. The molecule has 0 fully saturated rings. The zero-order chi connectivity index (χ0) is 12.9. The molecule has 3 rings (SSSR count). The molecule has 2 aromatic carbocycles. The molecule has 0 N–H and O–H groups in total. The van der Waals surface area contributed by atoms with Gasteiger partial charge in [-0.2, -0.15) is 0 Å². The van der Waals surface area contributed by atoms with Crippen LogP contribution in [0.25, 0.3) is 11.1 Å². The van der Waals surface area contributed by atoms with Gasteiger partial charge in [-0.25, -0.2) is 0 Å².